The predicted molar refractivity (Wildman–Crippen MR) is 107 cm³/mol. The lowest BCUT2D eigenvalue weighted by molar-refractivity contribution is -0.274. The topological polar surface area (TPSA) is 54.4 Å². The third kappa shape index (κ3) is 5.13. The fraction of sp³-hybridized carbons (Fsp3) is 0.227. The van der Waals surface area contributed by atoms with Gasteiger partial charge in [-0.3, -0.25) is 4.98 Å². The molecule has 2 aromatic carbocycles. The minimum absolute atomic E-state index is 0.0110. The zero-order valence-electron chi connectivity index (χ0n) is 15.7. The number of halogens is 3. The Morgan fingerprint density at radius 1 is 1.17 bits per heavy atom. The van der Waals surface area contributed by atoms with Gasteiger partial charge in [0, 0.05) is 31.3 Å². The predicted octanol–water partition coefficient (Wildman–Crippen LogP) is 4.61. The zero-order chi connectivity index (χ0) is 20.9. The van der Waals surface area contributed by atoms with Crippen molar-refractivity contribution in [1.82, 2.24) is 10.3 Å². The van der Waals surface area contributed by atoms with Gasteiger partial charge in [-0.15, -0.1) is 19.8 Å². The summed E-state index contributed by atoms with van der Waals surface area (Å²) in [6.07, 6.45) is -0.829. The molecule has 0 atom stereocenters. The third-order valence-corrected chi connectivity index (χ3v) is 4.45. The first-order valence-corrected chi connectivity index (χ1v) is 9.11. The van der Waals surface area contributed by atoms with Crippen LogP contribution in [0.1, 0.15) is 11.1 Å². The van der Waals surface area contributed by atoms with Crippen LogP contribution < -0.4 is 10.1 Å². The van der Waals surface area contributed by atoms with Gasteiger partial charge in [-0.25, -0.2) is 0 Å². The van der Waals surface area contributed by atoms with Crippen molar-refractivity contribution >= 4 is 10.9 Å². The van der Waals surface area contributed by atoms with Crippen LogP contribution >= 0.6 is 0 Å². The van der Waals surface area contributed by atoms with E-state index in [-0.39, 0.29) is 12.4 Å². The van der Waals surface area contributed by atoms with Crippen molar-refractivity contribution < 1.29 is 23.0 Å². The van der Waals surface area contributed by atoms with Crippen LogP contribution in [-0.4, -0.2) is 29.6 Å². The summed E-state index contributed by atoms with van der Waals surface area (Å²) < 4.78 is 41.2. The van der Waals surface area contributed by atoms with Gasteiger partial charge in [0.05, 0.1) is 5.52 Å². The van der Waals surface area contributed by atoms with Gasteiger partial charge >= 0.3 is 6.36 Å². The van der Waals surface area contributed by atoms with Gasteiger partial charge in [0.1, 0.15) is 5.75 Å². The van der Waals surface area contributed by atoms with E-state index in [2.05, 4.69) is 21.6 Å². The molecule has 0 aliphatic carbocycles. The second-order valence-electron chi connectivity index (χ2n) is 6.43. The summed E-state index contributed by atoms with van der Waals surface area (Å²) in [4.78, 5) is 4.51. The monoisotopic (exact) mass is 402 g/mol. The molecule has 7 heteroatoms. The van der Waals surface area contributed by atoms with Gasteiger partial charge in [0.25, 0.3) is 0 Å². The third-order valence-electron chi connectivity index (χ3n) is 4.45. The fourth-order valence-corrected chi connectivity index (χ4v) is 3.29. The molecule has 0 aliphatic heterocycles. The number of nitrogens with zero attached hydrogens (tertiary/aromatic N) is 1. The number of hydrogen-bond acceptors (Lipinski definition) is 4. The highest BCUT2D eigenvalue weighted by atomic mass is 19.4. The van der Waals surface area contributed by atoms with Crippen LogP contribution in [0, 0.1) is 0 Å². The Bertz CT molecular complexity index is 986. The molecule has 152 valence electrons. The van der Waals surface area contributed by atoms with E-state index in [1.54, 1.807) is 24.4 Å². The zero-order valence-corrected chi connectivity index (χ0v) is 15.7. The highest BCUT2D eigenvalue weighted by molar-refractivity contribution is 5.97. The number of nitrogens with one attached hydrogen (secondary N) is 1. The van der Waals surface area contributed by atoms with Crippen molar-refractivity contribution in [2.24, 2.45) is 0 Å². The number of rotatable bonds is 8. The maximum absolute atomic E-state index is 12.4. The number of aliphatic hydroxyl groups excluding tert-OH is 1. The standard InChI is InChI=1S/C22H21F3N2O2/c1-2-10-26-14-16-13-20(15-5-7-17(8-6-15)29-22(23,24)25)19-4-3-11-27-21(19)18(16)9-12-28/h2-8,11,13,26,28H,1,9-10,12,14H2. The van der Waals surface area contributed by atoms with E-state index in [1.807, 2.05) is 18.2 Å². The van der Waals surface area contributed by atoms with E-state index in [4.69, 9.17) is 0 Å². The number of pyridine rings is 1. The van der Waals surface area contributed by atoms with E-state index < -0.39 is 6.36 Å². The number of ether oxygens (including phenoxy) is 1. The number of hydrogen-bond donors (Lipinski definition) is 2. The maximum Gasteiger partial charge on any atom is 0.573 e. The molecule has 0 spiro atoms. The fourth-order valence-electron chi connectivity index (χ4n) is 3.29. The number of benzene rings is 2. The summed E-state index contributed by atoms with van der Waals surface area (Å²) in [5.74, 6) is -0.270. The molecule has 0 aliphatic rings. The van der Waals surface area contributed by atoms with Gasteiger partial charge in [0.15, 0.2) is 0 Å². The van der Waals surface area contributed by atoms with Gasteiger partial charge in [-0.2, -0.15) is 0 Å². The number of alkyl halides is 3. The van der Waals surface area contributed by atoms with Crippen molar-refractivity contribution in [3.63, 3.8) is 0 Å². The summed E-state index contributed by atoms with van der Waals surface area (Å²) in [5.41, 5.74) is 4.28. The summed E-state index contributed by atoms with van der Waals surface area (Å²) in [5, 5.41) is 13.6. The van der Waals surface area contributed by atoms with Crippen LogP contribution in [0.25, 0.3) is 22.0 Å². The van der Waals surface area contributed by atoms with Crippen molar-refractivity contribution in [1.29, 1.82) is 0 Å². The Labute approximate surface area is 166 Å². The molecule has 4 nitrogen and oxygen atoms in total. The molecule has 1 heterocycles. The molecule has 29 heavy (non-hydrogen) atoms. The molecule has 1 aromatic heterocycles. The van der Waals surface area contributed by atoms with Gasteiger partial charge in [-0.1, -0.05) is 24.3 Å². The molecular formula is C22H21F3N2O2. The van der Waals surface area contributed by atoms with Crippen LogP contribution in [0.4, 0.5) is 13.2 Å². The minimum atomic E-state index is -4.73. The molecule has 0 saturated heterocycles. The Balaban J connectivity index is 2.09. The smallest absolute Gasteiger partial charge is 0.406 e. The first-order valence-electron chi connectivity index (χ1n) is 9.11. The molecule has 2 N–H and O–H groups in total. The number of aromatic nitrogens is 1. The van der Waals surface area contributed by atoms with E-state index >= 15 is 0 Å². The summed E-state index contributed by atoms with van der Waals surface area (Å²) >= 11 is 0. The van der Waals surface area contributed by atoms with Gasteiger partial charge in [0.2, 0.25) is 0 Å². The molecule has 3 aromatic rings. The van der Waals surface area contributed by atoms with E-state index in [9.17, 15) is 18.3 Å². The number of fused-ring (bicyclic) bond motifs is 1. The molecule has 0 radical (unpaired) electrons. The van der Waals surface area contributed by atoms with E-state index in [0.717, 1.165) is 33.2 Å². The van der Waals surface area contributed by atoms with Crippen LogP contribution in [0.2, 0.25) is 0 Å². The Hall–Kier alpha value is -2.90. The summed E-state index contributed by atoms with van der Waals surface area (Å²) in [7, 11) is 0. The lowest BCUT2D eigenvalue weighted by atomic mass is 9.92. The Morgan fingerprint density at radius 2 is 1.93 bits per heavy atom. The van der Waals surface area contributed by atoms with Crippen LogP contribution in [0.15, 0.2) is 61.3 Å². The molecule has 0 fully saturated rings. The maximum atomic E-state index is 12.4. The van der Waals surface area contributed by atoms with Crippen molar-refractivity contribution in [2.45, 2.75) is 19.3 Å². The lowest BCUT2D eigenvalue weighted by Crippen LogP contribution is -2.17. The quantitative estimate of drug-likeness (QED) is 0.427. The second-order valence-corrected chi connectivity index (χ2v) is 6.43. The Kier molecular flexibility index (Phi) is 6.51. The minimum Gasteiger partial charge on any atom is -0.406 e. The molecular weight excluding hydrogens is 381 g/mol. The molecule has 3 rings (SSSR count). The second kappa shape index (κ2) is 9.07. The molecule has 0 bridgehead atoms. The van der Waals surface area contributed by atoms with Crippen LogP contribution in [0.3, 0.4) is 0 Å². The van der Waals surface area contributed by atoms with Crippen LogP contribution in [-0.2, 0) is 13.0 Å². The average molecular weight is 402 g/mol. The van der Waals surface area contributed by atoms with Crippen molar-refractivity contribution in [3.8, 4) is 16.9 Å². The van der Waals surface area contributed by atoms with Crippen LogP contribution in [0.5, 0.6) is 5.75 Å². The summed E-state index contributed by atoms with van der Waals surface area (Å²) in [6.45, 7) is 4.86. The van der Waals surface area contributed by atoms with Gasteiger partial charge < -0.3 is 15.2 Å². The molecule has 0 amide bonds. The van der Waals surface area contributed by atoms with E-state index in [1.165, 1.54) is 12.1 Å². The van der Waals surface area contributed by atoms with Crippen molar-refractivity contribution in [2.75, 3.05) is 13.2 Å². The molecule has 0 unspecified atom stereocenters. The average Bonchev–Trinajstić information content (AvgIpc) is 2.69. The highest BCUT2D eigenvalue weighted by Gasteiger charge is 2.31. The highest BCUT2D eigenvalue weighted by Crippen LogP contribution is 2.34. The normalized spacial score (nSPS) is 11.6. The Morgan fingerprint density at radius 3 is 2.59 bits per heavy atom. The first kappa shape index (κ1) is 20.8. The molecule has 0 saturated carbocycles. The lowest BCUT2D eigenvalue weighted by Gasteiger charge is -2.17. The largest absolute Gasteiger partial charge is 0.573 e. The van der Waals surface area contributed by atoms with Gasteiger partial charge in [-0.05, 0) is 52.9 Å². The van der Waals surface area contributed by atoms with E-state index in [0.29, 0.717) is 19.5 Å². The van der Waals surface area contributed by atoms with Crippen molar-refractivity contribution in [3.05, 3.63) is 72.4 Å². The number of aliphatic hydroxyl groups is 1. The first-order chi connectivity index (χ1) is 13.9. The SMILES string of the molecule is C=CCNCc1cc(-c2ccc(OC(F)(F)F)cc2)c2cccnc2c1CCO. The summed E-state index contributed by atoms with van der Waals surface area (Å²) in [6, 6.07) is 11.5.